The van der Waals surface area contributed by atoms with Gasteiger partial charge in [-0.15, -0.1) is 0 Å². The minimum atomic E-state index is 0.658. The summed E-state index contributed by atoms with van der Waals surface area (Å²) in [6.45, 7) is 6.74. The average Bonchev–Trinajstić information content (AvgIpc) is 3.19. The quantitative estimate of drug-likeness (QED) is 0.819. The molecule has 0 unspecified atom stereocenters. The molecule has 19 heavy (non-hydrogen) atoms. The Morgan fingerprint density at radius 3 is 3.00 bits per heavy atom. The van der Waals surface area contributed by atoms with Crippen molar-refractivity contribution in [2.45, 2.75) is 52.1 Å². The van der Waals surface area contributed by atoms with Crippen LogP contribution < -0.4 is 10.6 Å². The van der Waals surface area contributed by atoms with E-state index >= 15 is 0 Å². The van der Waals surface area contributed by atoms with Crippen LogP contribution in [0.4, 0.5) is 0 Å². The number of nitrogens with one attached hydrogen (secondary N) is 2. The monoisotopic (exact) mass is 258 g/mol. The fourth-order valence-corrected chi connectivity index (χ4v) is 3.46. The van der Waals surface area contributed by atoms with Gasteiger partial charge >= 0.3 is 0 Å². The van der Waals surface area contributed by atoms with E-state index in [0.717, 1.165) is 19.6 Å². The van der Waals surface area contributed by atoms with Crippen molar-refractivity contribution in [1.82, 2.24) is 10.6 Å². The van der Waals surface area contributed by atoms with Crippen molar-refractivity contribution in [2.75, 3.05) is 13.1 Å². The molecular formula is C17H26N2. The second-order valence-corrected chi connectivity index (χ2v) is 6.34. The van der Waals surface area contributed by atoms with Crippen LogP contribution in [0.3, 0.4) is 0 Å². The molecule has 0 atom stereocenters. The summed E-state index contributed by atoms with van der Waals surface area (Å²) in [5.41, 5.74) is 5.27. The van der Waals surface area contributed by atoms with E-state index in [1.165, 1.54) is 49.8 Å². The molecule has 1 heterocycles. The van der Waals surface area contributed by atoms with E-state index in [1.807, 2.05) is 0 Å². The summed E-state index contributed by atoms with van der Waals surface area (Å²) in [7, 11) is 0. The van der Waals surface area contributed by atoms with Crippen LogP contribution in [-0.4, -0.2) is 13.1 Å². The second-order valence-electron chi connectivity index (χ2n) is 6.34. The van der Waals surface area contributed by atoms with Crippen molar-refractivity contribution in [3.63, 3.8) is 0 Å². The highest BCUT2D eigenvalue weighted by molar-refractivity contribution is 5.37. The van der Waals surface area contributed by atoms with Gasteiger partial charge in [0.15, 0.2) is 0 Å². The standard InChI is InChI=1S/C17H26N2/c1-2-7-17(8-9-17)13-19-12-15-5-3-4-14-11-18-10-6-16(14)15/h3-5,18-19H,2,6-13H2,1H3. The predicted molar refractivity (Wildman–Crippen MR) is 80.1 cm³/mol. The Kier molecular flexibility index (Phi) is 3.90. The third kappa shape index (κ3) is 3.01. The first-order valence-corrected chi connectivity index (χ1v) is 7.84. The van der Waals surface area contributed by atoms with Gasteiger partial charge in [0.1, 0.15) is 0 Å². The normalized spacial score (nSPS) is 20.1. The van der Waals surface area contributed by atoms with Gasteiger partial charge in [0.2, 0.25) is 0 Å². The van der Waals surface area contributed by atoms with Crippen molar-refractivity contribution in [2.24, 2.45) is 5.41 Å². The Morgan fingerprint density at radius 1 is 1.32 bits per heavy atom. The molecule has 104 valence electrons. The Hall–Kier alpha value is -0.860. The molecule has 2 heteroatoms. The lowest BCUT2D eigenvalue weighted by Gasteiger charge is -2.21. The first kappa shape index (κ1) is 13.1. The van der Waals surface area contributed by atoms with Gasteiger partial charge in [0, 0.05) is 19.6 Å². The van der Waals surface area contributed by atoms with Crippen molar-refractivity contribution < 1.29 is 0 Å². The molecule has 0 bridgehead atoms. The van der Waals surface area contributed by atoms with Gasteiger partial charge in [-0.1, -0.05) is 31.5 Å². The maximum atomic E-state index is 3.72. The van der Waals surface area contributed by atoms with Gasteiger partial charge < -0.3 is 10.6 Å². The van der Waals surface area contributed by atoms with Crippen LogP contribution in [0.2, 0.25) is 0 Å². The zero-order valence-electron chi connectivity index (χ0n) is 12.1. The molecule has 2 nitrogen and oxygen atoms in total. The van der Waals surface area contributed by atoms with Gasteiger partial charge in [-0.2, -0.15) is 0 Å². The third-order valence-electron chi connectivity index (χ3n) is 4.79. The van der Waals surface area contributed by atoms with Gasteiger partial charge in [-0.05, 0) is 54.3 Å². The van der Waals surface area contributed by atoms with E-state index < -0.39 is 0 Å². The van der Waals surface area contributed by atoms with E-state index in [9.17, 15) is 0 Å². The van der Waals surface area contributed by atoms with Crippen LogP contribution in [0.15, 0.2) is 18.2 Å². The summed E-state index contributed by atoms with van der Waals surface area (Å²) in [4.78, 5) is 0. The zero-order chi connectivity index (χ0) is 13.1. The molecular weight excluding hydrogens is 232 g/mol. The van der Waals surface area contributed by atoms with Crippen LogP contribution >= 0.6 is 0 Å². The fraction of sp³-hybridized carbons (Fsp3) is 0.647. The molecule has 0 saturated heterocycles. The van der Waals surface area contributed by atoms with Crippen molar-refractivity contribution in [1.29, 1.82) is 0 Å². The topological polar surface area (TPSA) is 24.1 Å². The smallest absolute Gasteiger partial charge is 0.0208 e. The fourth-order valence-electron chi connectivity index (χ4n) is 3.46. The SMILES string of the molecule is CCCC1(CNCc2cccc3c2CCNC3)CC1. The lowest BCUT2D eigenvalue weighted by atomic mass is 9.95. The highest BCUT2D eigenvalue weighted by atomic mass is 14.9. The second kappa shape index (κ2) is 5.64. The molecule has 1 aromatic rings. The molecule has 0 spiro atoms. The summed E-state index contributed by atoms with van der Waals surface area (Å²) in [5, 5.41) is 7.17. The van der Waals surface area contributed by atoms with E-state index in [0.29, 0.717) is 5.41 Å². The van der Waals surface area contributed by atoms with E-state index in [-0.39, 0.29) is 0 Å². The molecule has 1 aliphatic heterocycles. The number of hydrogen-bond donors (Lipinski definition) is 2. The highest BCUT2D eigenvalue weighted by Crippen LogP contribution is 2.48. The lowest BCUT2D eigenvalue weighted by molar-refractivity contribution is 0.420. The lowest BCUT2D eigenvalue weighted by Crippen LogP contribution is -2.27. The van der Waals surface area contributed by atoms with Gasteiger partial charge in [-0.25, -0.2) is 0 Å². The first-order chi connectivity index (χ1) is 9.33. The van der Waals surface area contributed by atoms with Gasteiger partial charge in [0.25, 0.3) is 0 Å². The predicted octanol–water partition coefficient (Wildman–Crippen LogP) is 3.00. The summed E-state index contributed by atoms with van der Waals surface area (Å²) in [5.74, 6) is 0. The van der Waals surface area contributed by atoms with E-state index in [4.69, 9.17) is 0 Å². The van der Waals surface area contributed by atoms with Crippen molar-refractivity contribution in [3.8, 4) is 0 Å². The summed E-state index contributed by atoms with van der Waals surface area (Å²) >= 11 is 0. The molecule has 2 N–H and O–H groups in total. The van der Waals surface area contributed by atoms with Crippen LogP contribution in [-0.2, 0) is 19.5 Å². The van der Waals surface area contributed by atoms with Gasteiger partial charge in [0.05, 0.1) is 0 Å². The Morgan fingerprint density at radius 2 is 2.21 bits per heavy atom. The van der Waals surface area contributed by atoms with Crippen LogP contribution in [0, 0.1) is 5.41 Å². The van der Waals surface area contributed by atoms with Gasteiger partial charge in [-0.3, -0.25) is 0 Å². The van der Waals surface area contributed by atoms with E-state index in [2.05, 4.69) is 35.8 Å². The van der Waals surface area contributed by atoms with Crippen molar-refractivity contribution >= 4 is 0 Å². The number of fused-ring (bicyclic) bond motifs is 1. The summed E-state index contributed by atoms with van der Waals surface area (Å²) < 4.78 is 0. The van der Waals surface area contributed by atoms with E-state index in [1.54, 1.807) is 5.56 Å². The molecule has 0 radical (unpaired) electrons. The largest absolute Gasteiger partial charge is 0.312 e. The molecule has 1 aliphatic carbocycles. The Balaban J connectivity index is 1.58. The Bertz CT molecular complexity index is 435. The molecule has 1 aromatic carbocycles. The maximum absolute atomic E-state index is 3.72. The minimum absolute atomic E-state index is 0.658. The molecule has 0 amide bonds. The van der Waals surface area contributed by atoms with Crippen molar-refractivity contribution in [3.05, 3.63) is 34.9 Å². The van der Waals surface area contributed by atoms with Crippen LogP contribution in [0.1, 0.15) is 49.3 Å². The number of benzene rings is 1. The third-order valence-corrected chi connectivity index (χ3v) is 4.79. The number of hydrogen-bond acceptors (Lipinski definition) is 2. The molecule has 3 rings (SSSR count). The zero-order valence-corrected chi connectivity index (χ0v) is 12.1. The minimum Gasteiger partial charge on any atom is -0.312 e. The summed E-state index contributed by atoms with van der Waals surface area (Å²) in [6.07, 6.45) is 6.79. The molecule has 1 fully saturated rings. The highest BCUT2D eigenvalue weighted by Gasteiger charge is 2.40. The average molecular weight is 258 g/mol. The van der Waals surface area contributed by atoms with Crippen LogP contribution in [0.25, 0.3) is 0 Å². The maximum Gasteiger partial charge on any atom is 0.0208 e. The van der Waals surface area contributed by atoms with Crippen LogP contribution in [0.5, 0.6) is 0 Å². The molecule has 2 aliphatic rings. The number of rotatable bonds is 6. The first-order valence-electron chi connectivity index (χ1n) is 7.84. The summed E-state index contributed by atoms with van der Waals surface area (Å²) in [6, 6.07) is 6.78. The Labute approximate surface area is 117 Å². The molecule has 0 aromatic heterocycles. The molecule has 1 saturated carbocycles.